The lowest BCUT2D eigenvalue weighted by Gasteiger charge is -2.21. The number of nitrogens with one attached hydrogen (secondary N) is 1. The van der Waals surface area contributed by atoms with Crippen molar-refractivity contribution in [3.63, 3.8) is 0 Å². The summed E-state index contributed by atoms with van der Waals surface area (Å²) in [6.45, 7) is 5.78. The summed E-state index contributed by atoms with van der Waals surface area (Å²) in [6.07, 6.45) is 1.46. The number of aromatic carboxylic acids is 1. The van der Waals surface area contributed by atoms with E-state index in [0.29, 0.717) is 12.3 Å². The molecule has 6 heteroatoms. The lowest BCUT2D eigenvalue weighted by Crippen LogP contribution is -2.42. The number of hydrogen-bond donors (Lipinski definition) is 2. The van der Waals surface area contributed by atoms with Gasteiger partial charge >= 0.3 is 5.97 Å². The van der Waals surface area contributed by atoms with E-state index in [-0.39, 0.29) is 11.5 Å². The van der Waals surface area contributed by atoms with E-state index in [4.69, 9.17) is 9.94 Å². The maximum Gasteiger partial charge on any atom is 0.335 e. The second kappa shape index (κ2) is 7.42. The molecule has 0 aliphatic rings. The van der Waals surface area contributed by atoms with Crippen molar-refractivity contribution in [2.75, 3.05) is 11.6 Å². The molecule has 0 bridgehead atoms. The monoisotopic (exact) mass is 278 g/mol. The molecule has 0 spiro atoms. The zero-order chi connectivity index (χ0) is 15.1. The molecule has 0 fully saturated rings. The number of carboxylic acids is 1. The fourth-order valence-electron chi connectivity index (χ4n) is 1.42. The first kappa shape index (κ1) is 15.9. The van der Waals surface area contributed by atoms with Gasteiger partial charge in [-0.05, 0) is 45.0 Å². The van der Waals surface area contributed by atoms with Gasteiger partial charge in [0.05, 0.1) is 17.9 Å². The van der Waals surface area contributed by atoms with Crippen molar-refractivity contribution in [2.45, 2.75) is 20.8 Å². The van der Waals surface area contributed by atoms with Crippen LogP contribution in [0.3, 0.4) is 0 Å². The highest BCUT2D eigenvalue weighted by Crippen LogP contribution is 2.15. The fourth-order valence-corrected chi connectivity index (χ4v) is 1.42. The van der Waals surface area contributed by atoms with Crippen LogP contribution in [0.15, 0.2) is 35.9 Å². The third-order valence-corrected chi connectivity index (χ3v) is 2.31. The second-order valence-electron chi connectivity index (χ2n) is 4.27. The Kier molecular flexibility index (Phi) is 5.89. The summed E-state index contributed by atoms with van der Waals surface area (Å²) in [5.41, 5.74) is 4.02. The Morgan fingerprint density at radius 3 is 2.35 bits per heavy atom. The molecule has 1 rings (SSSR count). The smallest absolute Gasteiger partial charge is 0.335 e. The Bertz CT molecular complexity index is 504. The predicted octanol–water partition coefficient (Wildman–Crippen LogP) is 2.14. The molecule has 20 heavy (non-hydrogen) atoms. The van der Waals surface area contributed by atoms with E-state index in [1.54, 1.807) is 6.92 Å². The molecule has 0 heterocycles. The minimum absolute atomic E-state index is 0.153. The standard InChI is InChI=1S/C14H18N2O4/c1-4-20-15-16(13(17)9-10(2)3)12-7-5-11(6-8-12)14(18)19/h5-9,15H,4H2,1-3H3,(H,18,19). The third kappa shape index (κ3) is 4.49. The predicted molar refractivity (Wildman–Crippen MR) is 75.1 cm³/mol. The van der Waals surface area contributed by atoms with Crippen molar-refractivity contribution >= 4 is 17.6 Å². The molecule has 0 aliphatic carbocycles. The second-order valence-corrected chi connectivity index (χ2v) is 4.27. The summed E-state index contributed by atoms with van der Waals surface area (Å²) in [5, 5.41) is 10.1. The van der Waals surface area contributed by atoms with Gasteiger partial charge in [0.2, 0.25) is 0 Å². The van der Waals surface area contributed by atoms with Crippen LogP contribution in [0.4, 0.5) is 5.69 Å². The van der Waals surface area contributed by atoms with E-state index >= 15 is 0 Å². The van der Waals surface area contributed by atoms with Crippen molar-refractivity contribution in [1.82, 2.24) is 5.59 Å². The molecule has 0 saturated heterocycles. The van der Waals surface area contributed by atoms with Crippen molar-refractivity contribution in [1.29, 1.82) is 0 Å². The quantitative estimate of drug-likeness (QED) is 0.615. The van der Waals surface area contributed by atoms with Crippen LogP contribution in [0.2, 0.25) is 0 Å². The largest absolute Gasteiger partial charge is 0.478 e. The Balaban J connectivity index is 3.00. The van der Waals surface area contributed by atoms with Gasteiger partial charge in [-0.1, -0.05) is 5.57 Å². The number of hydrogen-bond acceptors (Lipinski definition) is 4. The van der Waals surface area contributed by atoms with Gasteiger partial charge in [0.15, 0.2) is 0 Å². The molecule has 0 atom stereocenters. The number of nitrogens with zero attached hydrogens (tertiary/aromatic N) is 1. The van der Waals surface area contributed by atoms with Crippen molar-refractivity contribution in [3.8, 4) is 0 Å². The van der Waals surface area contributed by atoms with Gasteiger partial charge in [-0.15, -0.1) is 5.59 Å². The van der Waals surface area contributed by atoms with Crippen molar-refractivity contribution < 1.29 is 19.5 Å². The molecular weight excluding hydrogens is 260 g/mol. The summed E-state index contributed by atoms with van der Waals surface area (Å²) < 4.78 is 0. The molecule has 1 amide bonds. The minimum atomic E-state index is -1.02. The van der Waals surface area contributed by atoms with Crippen LogP contribution in [-0.2, 0) is 9.63 Å². The van der Waals surface area contributed by atoms with Gasteiger partial charge in [0, 0.05) is 6.08 Å². The Labute approximate surface area is 117 Å². The Morgan fingerprint density at radius 2 is 1.90 bits per heavy atom. The first-order chi connectivity index (χ1) is 9.45. The first-order valence-corrected chi connectivity index (χ1v) is 6.15. The van der Waals surface area contributed by atoms with Gasteiger partial charge < -0.3 is 5.11 Å². The first-order valence-electron chi connectivity index (χ1n) is 6.15. The molecule has 0 radical (unpaired) electrons. The van der Waals surface area contributed by atoms with Crippen LogP contribution < -0.4 is 10.6 Å². The van der Waals surface area contributed by atoms with Crippen LogP contribution in [0.5, 0.6) is 0 Å². The molecule has 0 aliphatic heterocycles. The average molecular weight is 278 g/mol. The van der Waals surface area contributed by atoms with E-state index in [2.05, 4.69) is 5.59 Å². The van der Waals surface area contributed by atoms with Crippen LogP contribution in [0.25, 0.3) is 0 Å². The van der Waals surface area contributed by atoms with Gasteiger partial charge in [-0.3, -0.25) is 9.63 Å². The van der Waals surface area contributed by atoms with Gasteiger partial charge in [0.25, 0.3) is 5.91 Å². The number of amides is 1. The van der Waals surface area contributed by atoms with Crippen molar-refractivity contribution in [2.24, 2.45) is 0 Å². The summed E-state index contributed by atoms with van der Waals surface area (Å²) in [6, 6.07) is 5.92. The van der Waals surface area contributed by atoms with Crippen LogP contribution in [-0.4, -0.2) is 23.6 Å². The van der Waals surface area contributed by atoms with Crippen molar-refractivity contribution in [3.05, 3.63) is 41.5 Å². The Hall–Kier alpha value is -2.18. The maximum atomic E-state index is 12.1. The van der Waals surface area contributed by atoms with E-state index in [0.717, 1.165) is 5.57 Å². The normalized spacial score (nSPS) is 9.95. The summed E-state index contributed by atoms with van der Waals surface area (Å²) in [5.74, 6) is -1.32. The highest BCUT2D eigenvalue weighted by atomic mass is 16.7. The van der Waals surface area contributed by atoms with Gasteiger partial charge in [-0.25, -0.2) is 9.80 Å². The fraction of sp³-hybridized carbons (Fsp3) is 0.286. The molecule has 0 saturated carbocycles. The molecule has 1 aromatic rings. The summed E-state index contributed by atoms with van der Waals surface area (Å²) in [4.78, 5) is 27.9. The number of carbonyl (C=O) groups excluding carboxylic acids is 1. The molecule has 2 N–H and O–H groups in total. The molecule has 0 unspecified atom stereocenters. The van der Waals surface area contributed by atoms with Crippen LogP contribution >= 0.6 is 0 Å². The van der Waals surface area contributed by atoms with E-state index < -0.39 is 5.97 Å². The molecule has 6 nitrogen and oxygen atoms in total. The number of carboxylic acid groups (broad SMARTS) is 1. The topological polar surface area (TPSA) is 78.9 Å². The molecule has 108 valence electrons. The number of carbonyl (C=O) groups is 2. The zero-order valence-corrected chi connectivity index (χ0v) is 11.7. The molecule has 1 aromatic carbocycles. The average Bonchev–Trinajstić information content (AvgIpc) is 2.39. The lowest BCUT2D eigenvalue weighted by atomic mass is 10.2. The highest BCUT2D eigenvalue weighted by molar-refractivity contribution is 6.01. The van der Waals surface area contributed by atoms with Gasteiger partial charge in [-0.2, -0.15) is 0 Å². The zero-order valence-electron chi connectivity index (χ0n) is 11.7. The summed E-state index contributed by atoms with van der Waals surface area (Å²) >= 11 is 0. The minimum Gasteiger partial charge on any atom is -0.478 e. The molecular formula is C14H18N2O4. The highest BCUT2D eigenvalue weighted by Gasteiger charge is 2.14. The maximum absolute atomic E-state index is 12.1. The molecule has 0 aromatic heterocycles. The number of rotatable bonds is 6. The SMILES string of the molecule is CCONN(C(=O)C=C(C)C)c1ccc(C(=O)O)cc1. The van der Waals surface area contributed by atoms with Crippen LogP contribution in [0, 0.1) is 0 Å². The van der Waals surface area contributed by atoms with Gasteiger partial charge in [0.1, 0.15) is 0 Å². The van der Waals surface area contributed by atoms with E-state index in [1.165, 1.54) is 35.4 Å². The van der Waals surface area contributed by atoms with E-state index in [9.17, 15) is 9.59 Å². The number of hydrazine groups is 1. The van der Waals surface area contributed by atoms with Crippen LogP contribution in [0.1, 0.15) is 31.1 Å². The lowest BCUT2D eigenvalue weighted by molar-refractivity contribution is -0.117. The third-order valence-electron chi connectivity index (χ3n) is 2.31. The van der Waals surface area contributed by atoms with E-state index in [1.807, 2.05) is 13.8 Å². The number of allylic oxidation sites excluding steroid dienone is 1. The number of benzene rings is 1. The Morgan fingerprint density at radius 1 is 1.30 bits per heavy atom. The summed E-state index contributed by atoms with van der Waals surface area (Å²) in [7, 11) is 0. The number of anilines is 1.